The van der Waals surface area contributed by atoms with Gasteiger partial charge >= 0.3 is 0 Å². The standard InChI is InChI=1S/C9H13ClN2O/c1-9(6-11,13-2)8-4-3-7(10)5-12-8/h3-5H,6,11H2,1-2H3. The summed E-state index contributed by atoms with van der Waals surface area (Å²) in [6, 6.07) is 3.59. The molecule has 0 aliphatic heterocycles. The van der Waals surface area contributed by atoms with Gasteiger partial charge in [0.1, 0.15) is 5.60 Å². The second-order valence-electron chi connectivity index (χ2n) is 3.00. The summed E-state index contributed by atoms with van der Waals surface area (Å²) in [4.78, 5) is 4.16. The van der Waals surface area contributed by atoms with E-state index in [1.165, 1.54) is 0 Å². The van der Waals surface area contributed by atoms with Gasteiger partial charge in [-0.2, -0.15) is 0 Å². The van der Waals surface area contributed by atoms with Crippen LogP contribution in [0.25, 0.3) is 0 Å². The molecule has 1 unspecified atom stereocenters. The number of methoxy groups -OCH3 is 1. The lowest BCUT2D eigenvalue weighted by molar-refractivity contribution is 0.00642. The molecule has 0 saturated heterocycles. The Balaban J connectivity index is 2.99. The van der Waals surface area contributed by atoms with Gasteiger partial charge in [0, 0.05) is 19.9 Å². The maximum absolute atomic E-state index is 5.71. The van der Waals surface area contributed by atoms with Crippen molar-refractivity contribution in [2.45, 2.75) is 12.5 Å². The van der Waals surface area contributed by atoms with Gasteiger partial charge in [0.2, 0.25) is 0 Å². The van der Waals surface area contributed by atoms with Crippen molar-refractivity contribution in [3.8, 4) is 0 Å². The number of rotatable bonds is 3. The van der Waals surface area contributed by atoms with E-state index in [1.807, 2.05) is 13.0 Å². The van der Waals surface area contributed by atoms with Crippen LogP contribution in [0.15, 0.2) is 18.3 Å². The highest BCUT2D eigenvalue weighted by Crippen LogP contribution is 2.21. The first-order valence-electron chi connectivity index (χ1n) is 3.99. The van der Waals surface area contributed by atoms with Crippen LogP contribution in [0.4, 0.5) is 0 Å². The van der Waals surface area contributed by atoms with E-state index in [0.717, 1.165) is 5.69 Å². The Hall–Kier alpha value is -0.640. The summed E-state index contributed by atoms with van der Waals surface area (Å²) < 4.78 is 5.28. The zero-order valence-corrected chi connectivity index (χ0v) is 8.51. The molecule has 0 aliphatic carbocycles. The summed E-state index contributed by atoms with van der Waals surface area (Å²) in [6.07, 6.45) is 1.59. The summed E-state index contributed by atoms with van der Waals surface area (Å²) in [6.45, 7) is 2.28. The van der Waals surface area contributed by atoms with Crippen molar-refractivity contribution in [3.63, 3.8) is 0 Å². The molecule has 3 nitrogen and oxygen atoms in total. The number of aromatic nitrogens is 1. The monoisotopic (exact) mass is 200 g/mol. The number of nitrogens with two attached hydrogens (primary N) is 1. The van der Waals surface area contributed by atoms with E-state index < -0.39 is 5.60 Å². The van der Waals surface area contributed by atoms with E-state index in [1.54, 1.807) is 19.4 Å². The van der Waals surface area contributed by atoms with E-state index >= 15 is 0 Å². The summed E-state index contributed by atoms with van der Waals surface area (Å²) in [7, 11) is 1.61. The van der Waals surface area contributed by atoms with Gasteiger partial charge in [-0.1, -0.05) is 11.6 Å². The van der Waals surface area contributed by atoms with Gasteiger partial charge in [0.05, 0.1) is 10.7 Å². The molecule has 0 amide bonds. The number of hydrogen-bond donors (Lipinski definition) is 1. The molecular weight excluding hydrogens is 188 g/mol. The average Bonchev–Trinajstić information content (AvgIpc) is 2.18. The summed E-state index contributed by atoms with van der Waals surface area (Å²) in [5.41, 5.74) is 5.86. The molecule has 2 N–H and O–H groups in total. The quantitative estimate of drug-likeness (QED) is 0.806. The third kappa shape index (κ3) is 2.18. The van der Waals surface area contributed by atoms with Gasteiger partial charge in [-0.25, -0.2) is 0 Å². The fourth-order valence-electron chi connectivity index (χ4n) is 0.981. The van der Waals surface area contributed by atoms with Crippen molar-refractivity contribution in [1.82, 2.24) is 4.98 Å². The van der Waals surface area contributed by atoms with E-state index in [2.05, 4.69) is 4.98 Å². The second-order valence-corrected chi connectivity index (χ2v) is 3.44. The molecule has 0 fully saturated rings. The predicted octanol–water partition coefficient (Wildman–Crippen LogP) is 1.56. The lowest BCUT2D eigenvalue weighted by atomic mass is 10.0. The van der Waals surface area contributed by atoms with Gasteiger partial charge in [0.15, 0.2) is 0 Å². The molecular formula is C9H13ClN2O. The Morgan fingerprint density at radius 1 is 1.62 bits per heavy atom. The fourth-order valence-corrected chi connectivity index (χ4v) is 1.09. The van der Waals surface area contributed by atoms with Crippen molar-refractivity contribution < 1.29 is 4.74 Å². The number of nitrogens with zero attached hydrogens (tertiary/aromatic N) is 1. The third-order valence-corrected chi connectivity index (χ3v) is 2.33. The Bertz CT molecular complexity index is 269. The van der Waals surface area contributed by atoms with Crippen LogP contribution in [-0.2, 0) is 10.3 Å². The minimum atomic E-state index is -0.523. The molecule has 0 aromatic carbocycles. The van der Waals surface area contributed by atoms with E-state index in [-0.39, 0.29) is 0 Å². The smallest absolute Gasteiger partial charge is 0.119 e. The van der Waals surface area contributed by atoms with Crippen molar-refractivity contribution in [1.29, 1.82) is 0 Å². The third-order valence-electron chi connectivity index (χ3n) is 2.11. The molecule has 13 heavy (non-hydrogen) atoms. The first-order chi connectivity index (χ1) is 6.12. The van der Waals surface area contributed by atoms with Gasteiger partial charge in [-0.15, -0.1) is 0 Å². The molecule has 0 aliphatic rings. The first kappa shape index (κ1) is 10.4. The van der Waals surface area contributed by atoms with Crippen LogP contribution in [-0.4, -0.2) is 18.6 Å². The normalized spacial score (nSPS) is 15.4. The highest BCUT2D eigenvalue weighted by Gasteiger charge is 2.25. The van der Waals surface area contributed by atoms with Gasteiger partial charge < -0.3 is 10.5 Å². The van der Waals surface area contributed by atoms with Crippen molar-refractivity contribution in [2.24, 2.45) is 5.73 Å². The van der Waals surface area contributed by atoms with Crippen LogP contribution < -0.4 is 5.73 Å². The van der Waals surface area contributed by atoms with Crippen LogP contribution in [0.5, 0.6) is 0 Å². The number of hydrogen-bond acceptors (Lipinski definition) is 3. The molecule has 1 atom stereocenters. The van der Waals surface area contributed by atoms with E-state index in [0.29, 0.717) is 11.6 Å². The Morgan fingerprint density at radius 3 is 2.69 bits per heavy atom. The summed E-state index contributed by atoms with van der Waals surface area (Å²) in [5.74, 6) is 0. The summed E-state index contributed by atoms with van der Waals surface area (Å²) in [5, 5.41) is 0.610. The van der Waals surface area contributed by atoms with Crippen molar-refractivity contribution in [3.05, 3.63) is 29.0 Å². The maximum Gasteiger partial charge on any atom is 0.119 e. The number of pyridine rings is 1. The maximum atomic E-state index is 5.71. The van der Waals surface area contributed by atoms with Crippen LogP contribution in [0.2, 0.25) is 5.02 Å². The highest BCUT2D eigenvalue weighted by molar-refractivity contribution is 6.30. The van der Waals surface area contributed by atoms with Crippen molar-refractivity contribution in [2.75, 3.05) is 13.7 Å². The molecule has 1 aromatic heterocycles. The molecule has 1 heterocycles. The lowest BCUT2D eigenvalue weighted by Gasteiger charge is -2.25. The van der Waals surface area contributed by atoms with Crippen LogP contribution in [0.1, 0.15) is 12.6 Å². The predicted molar refractivity (Wildman–Crippen MR) is 52.7 cm³/mol. The first-order valence-corrected chi connectivity index (χ1v) is 4.37. The van der Waals surface area contributed by atoms with Crippen LogP contribution in [0, 0.1) is 0 Å². The number of ether oxygens (including phenoxy) is 1. The van der Waals surface area contributed by atoms with Crippen molar-refractivity contribution >= 4 is 11.6 Å². The zero-order valence-electron chi connectivity index (χ0n) is 7.75. The molecule has 0 radical (unpaired) electrons. The van der Waals surface area contributed by atoms with E-state index in [9.17, 15) is 0 Å². The average molecular weight is 201 g/mol. The van der Waals surface area contributed by atoms with Gasteiger partial charge in [-0.05, 0) is 19.1 Å². The van der Waals surface area contributed by atoms with Gasteiger partial charge in [0.25, 0.3) is 0 Å². The van der Waals surface area contributed by atoms with Crippen LogP contribution >= 0.6 is 11.6 Å². The Labute approximate surface area is 82.9 Å². The molecule has 1 aromatic rings. The summed E-state index contributed by atoms with van der Waals surface area (Å²) >= 11 is 5.71. The highest BCUT2D eigenvalue weighted by atomic mass is 35.5. The molecule has 0 saturated carbocycles. The molecule has 0 bridgehead atoms. The topological polar surface area (TPSA) is 48.1 Å². The molecule has 0 spiro atoms. The molecule has 4 heteroatoms. The Kier molecular flexibility index (Phi) is 3.25. The lowest BCUT2D eigenvalue weighted by Crippen LogP contribution is -2.34. The SMILES string of the molecule is COC(C)(CN)c1ccc(Cl)cn1. The fraction of sp³-hybridized carbons (Fsp3) is 0.444. The minimum Gasteiger partial charge on any atom is -0.371 e. The number of halogens is 1. The largest absolute Gasteiger partial charge is 0.371 e. The zero-order chi connectivity index (χ0) is 9.90. The minimum absolute atomic E-state index is 0.387. The van der Waals surface area contributed by atoms with Crippen LogP contribution in [0.3, 0.4) is 0 Å². The van der Waals surface area contributed by atoms with Gasteiger partial charge in [-0.3, -0.25) is 4.98 Å². The molecule has 72 valence electrons. The molecule has 1 rings (SSSR count). The second kappa shape index (κ2) is 4.05. The Morgan fingerprint density at radius 2 is 2.31 bits per heavy atom. The van der Waals surface area contributed by atoms with E-state index in [4.69, 9.17) is 22.1 Å².